The Morgan fingerprint density at radius 2 is 1.71 bits per heavy atom. The molecule has 1 fully saturated rings. The zero-order valence-corrected chi connectivity index (χ0v) is 17.0. The van der Waals surface area contributed by atoms with Crippen LogP contribution in [-0.4, -0.2) is 34.4 Å². The Morgan fingerprint density at radius 1 is 1.04 bits per heavy atom. The van der Waals surface area contributed by atoms with Crippen molar-refractivity contribution in [1.29, 1.82) is 0 Å². The highest BCUT2D eigenvalue weighted by Crippen LogP contribution is 2.22. The lowest BCUT2D eigenvalue weighted by atomic mass is 10.2. The molecule has 0 saturated carbocycles. The maximum absolute atomic E-state index is 12.9. The Morgan fingerprint density at radius 3 is 2.36 bits per heavy atom. The normalized spacial score (nSPS) is 14.5. The van der Waals surface area contributed by atoms with Crippen molar-refractivity contribution in [3.63, 3.8) is 0 Å². The minimum atomic E-state index is -0.543. The number of hydrogen-bond acceptors (Lipinski definition) is 3. The first-order chi connectivity index (χ1) is 13.4. The summed E-state index contributed by atoms with van der Waals surface area (Å²) in [6, 6.07) is 5.91. The largest absolute Gasteiger partial charge is 0.339 e. The molecule has 1 N–H and O–H groups in total. The van der Waals surface area contributed by atoms with E-state index in [2.05, 4.69) is 5.32 Å². The Kier molecular flexibility index (Phi) is 6.42. The number of carbonyl (C=O) groups excluding carboxylic acids is 2. The van der Waals surface area contributed by atoms with E-state index in [0.717, 1.165) is 25.7 Å². The lowest BCUT2D eigenvalue weighted by Gasteiger charge is -2.21. The maximum Gasteiger partial charge on any atom is 0.274 e. The number of hydrogen-bond donors (Lipinski definition) is 1. The maximum atomic E-state index is 12.9. The van der Waals surface area contributed by atoms with Crippen LogP contribution in [0.3, 0.4) is 0 Å². The van der Waals surface area contributed by atoms with Gasteiger partial charge in [-0.25, -0.2) is 0 Å². The minimum absolute atomic E-state index is 0.0270. The summed E-state index contributed by atoms with van der Waals surface area (Å²) in [5.41, 5.74) is 0.170. The lowest BCUT2D eigenvalue weighted by Crippen LogP contribution is -2.33. The van der Waals surface area contributed by atoms with Gasteiger partial charge in [0.25, 0.3) is 17.4 Å². The van der Waals surface area contributed by atoms with Gasteiger partial charge < -0.3 is 14.8 Å². The Balaban J connectivity index is 1.88. The second-order valence-electron chi connectivity index (χ2n) is 6.84. The number of rotatable bonds is 3. The number of aromatic nitrogens is 1. The summed E-state index contributed by atoms with van der Waals surface area (Å²) in [5.74, 6) is -0.685. The fourth-order valence-electron chi connectivity index (χ4n) is 3.24. The van der Waals surface area contributed by atoms with Crippen molar-refractivity contribution in [2.45, 2.75) is 25.7 Å². The predicted molar refractivity (Wildman–Crippen MR) is 110 cm³/mol. The van der Waals surface area contributed by atoms with E-state index in [0.29, 0.717) is 23.7 Å². The van der Waals surface area contributed by atoms with Crippen molar-refractivity contribution >= 4 is 40.7 Å². The molecule has 148 valence electrons. The van der Waals surface area contributed by atoms with E-state index in [1.54, 1.807) is 18.0 Å². The van der Waals surface area contributed by atoms with Crippen molar-refractivity contribution in [2.24, 2.45) is 7.05 Å². The number of pyridine rings is 1. The molecule has 1 aliphatic heterocycles. The van der Waals surface area contributed by atoms with Gasteiger partial charge >= 0.3 is 0 Å². The number of aryl methyl sites for hydroxylation is 1. The third-order valence-electron chi connectivity index (χ3n) is 4.75. The van der Waals surface area contributed by atoms with Crippen LogP contribution in [-0.2, 0) is 7.05 Å². The first kappa shape index (κ1) is 20.4. The van der Waals surface area contributed by atoms with E-state index >= 15 is 0 Å². The van der Waals surface area contributed by atoms with Crippen molar-refractivity contribution in [3.8, 4) is 0 Å². The molecule has 6 nitrogen and oxygen atoms in total. The summed E-state index contributed by atoms with van der Waals surface area (Å²) in [6.07, 6.45) is 5.66. The van der Waals surface area contributed by atoms with Crippen LogP contribution in [0.5, 0.6) is 0 Å². The summed E-state index contributed by atoms with van der Waals surface area (Å²) in [4.78, 5) is 39.7. The summed E-state index contributed by atoms with van der Waals surface area (Å²) >= 11 is 11.9. The predicted octanol–water partition coefficient (Wildman–Crippen LogP) is 3.96. The third-order valence-corrected chi connectivity index (χ3v) is 5.30. The number of nitrogens with zero attached hydrogens (tertiary/aromatic N) is 2. The highest BCUT2D eigenvalue weighted by Gasteiger charge is 2.20. The molecule has 1 aromatic carbocycles. The number of amides is 2. The lowest BCUT2D eigenvalue weighted by molar-refractivity contribution is 0.0760. The zero-order chi connectivity index (χ0) is 20.3. The molecule has 1 saturated heterocycles. The monoisotopic (exact) mass is 421 g/mol. The molecule has 1 aromatic heterocycles. The van der Waals surface area contributed by atoms with Gasteiger partial charge in [0.05, 0.1) is 16.1 Å². The first-order valence-corrected chi connectivity index (χ1v) is 9.89. The SMILES string of the molecule is Cn1cc(C(=O)N2CCCCCC2)cc(NC(=O)c2ccc(Cl)cc2Cl)c1=O. The highest BCUT2D eigenvalue weighted by molar-refractivity contribution is 6.37. The van der Waals surface area contributed by atoms with E-state index in [4.69, 9.17) is 23.2 Å². The van der Waals surface area contributed by atoms with Crippen LogP contribution in [0.2, 0.25) is 10.0 Å². The number of carbonyl (C=O) groups is 2. The van der Waals surface area contributed by atoms with Crippen LogP contribution in [0.25, 0.3) is 0 Å². The van der Waals surface area contributed by atoms with E-state index in [9.17, 15) is 14.4 Å². The highest BCUT2D eigenvalue weighted by atomic mass is 35.5. The number of likely N-dealkylation sites (tertiary alicyclic amines) is 1. The molecular formula is C20H21Cl2N3O3. The topological polar surface area (TPSA) is 71.4 Å². The second kappa shape index (κ2) is 8.80. The molecule has 1 aliphatic rings. The van der Waals surface area contributed by atoms with Crippen molar-refractivity contribution in [2.75, 3.05) is 18.4 Å². The van der Waals surface area contributed by atoms with Crippen LogP contribution in [0.15, 0.2) is 35.3 Å². The van der Waals surface area contributed by atoms with Crippen LogP contribution >= 0.6 is 23.2 Å². The van der Waals surface area contributed by atoms with Gasteiger partial charge in [-0.2, -0.15) is 0 Å². The van der Waals surface area contributed by atoms with Crippen molar-refractivity contribution in [3.05, 3.63) is 62.0 Å². The van der Waals surface area contributed by atoms with E-state index in [1.165, 1.54) is 29.0 Å². The number of nitrogens with one attached hydrogen (secondary N) is 1. The molecule has 28 heavy (non-hydrogen) atoms. The van der Waals surface area contributed by atoms with Crippen LogP contribution in [0.1, 0.15) is 46.4 Å². The molecule has 0 aliphatic carbocycles. The molecule has 2 amide bonds. The number of halogens is 2. The van der Waals surface area contributed by atoms with Gasteiger partial charge in [0, 0.05) is 31.4 Å². The van der Waals surface area contributed by atoms with Crippen LogP contribution in [0, 0.1) is 0 Å². The van der Waals surface area contributed by atoms with Gasteiger partial charge in [0.2, 0.25) is 0 Å². The summed E-state index contributed by atoms with van der Waals surface area (Å²) < 4.78 is 1.30. The standard InChI is InChI=1S/C20H21Cl2N3O3/c1-24-12-13(19(27)25-8-4-2-3-5-9-25)10-17(20(24)28)23-18(26)15-7-6-14(21)11-16(15)22/h6-7,10-12H,2-5,8-9H2,1H3,(H,23,26). The molecule has 8 heteroatoms. The average molecular weight is 422 g/mol. The van der Waals surface area contributed by atoms with Gasteiger partial charge in [0.1, 0.15) is 5.69 Å². The van der Waals surface area contributed by atoms with Crippen molar-refractivity contribution in [1.82, 2.24) is 9.47 Å². The number of benzene rings is 1. The van der Waals surface area contributed by atoms with Gasteiger partial charge in [0.15, 0.2) is 0 Å². The third kappa shape index (κ3) is 4.56. The van der Waals surface area contributed by atoms with Gasteiger partial charge in [-0.15, -0.1) is 0 Å². The molecule has 0 radical (unpaired) electrons. The fraction of sp³-hybridized carbons (Fsp3) is 0.350. The quantitative estimate of drug-likeness (QED) is 0.814. The molecule has 0 unspecified atom stereocenters. The number of anilines is 1. The Bertz CT molecular complexity index is 964. The Labute approximate surface area is 173 Å². The van der Waals surface area contributed by atoms with Crippen LogP contribution < -0.4 is 10.9 Å². The van der Waals surface area contributed by atoms with E-state index < -0.39 is 11.5 Å². The average Bonchev–Trinajstić information content (AvgIpc) is 2.94. The molecule has 0 atom stereocenters. The Hall–Kier alpha value is -2.31. The first-order valence-electron chi connectivity index (χ1n) is 9.13. The smallest absolute Gasteiger partial charge is 0.274 e. The minimum Gasteiger partial charge on any atom is -0.339 e. The van der Waals surface area contributed by atoms with Crippen molar-refractivity contribution < 1.29 is 9.59 Å². The molecule has 2 aromatic rings. The summed E-state index contributed by atoms with van der Waals surface area (Å²) in [7, 11) is 1.55. The van der Waals surface area contributed by atoms with Crippen LogP contribution in [0.4, 0.5) is 5.69 Å². The molecular weight excluding hydrogens is 401 g/mol. The van der Waals surface area contributed by atoms with E-state index in [1.807, 2.05) is 0 Å². The molecule has 0 spiro atoms. The molecule has 0 bridgehead atoms. The van der Waals surface area contributed by atoms with Gasteiger partial charge in [-0.1, -0.05) is 36.0 Å². The van der Waals surface area contributed by atoms with Gasteiger partial charge in [-0.05, 0) is 37.1 Å². The van der Waals surface area contributed by atoms with Gasteiger partial charge in [-0.3, -0.25) is 14.4 Å². The second-order valence-corrected chi connectivity index (χ2v) is 7.69. The summed E-state index contributed by atoms with van der Waals surface area (Å²) in [6.45, 7) is 1.40. The molecule has 3 rings (SSSR count). The molecule has 2 heterocycles. The fourth-order valence-corrected chi connectivity index (χ4v) is 3.73. The summed E-state index contributed by atoms with van der Waals surface area (Å²) in [5, 5.41) is 3.15. The zero-order valence-electron chi connectivity index (χ0n) is 15.5. The van der Waals surface area contributed by atoms with E-state index in [-0.39, 0.29) is 22.2 Å².